The van der Waals surface area contributed by atoms with Crippen molar-refractivity contribution in [2.24, 2.45) is 0 Å². The minimum absolute atomic E-state index is 0.0594. The van der Waals surface area contributed by atoms with Gasteiger partial charge in [0.2, 0.25) is 5.75 Å². The number of rotatable bonds is 3. The van der Waals surface area contributed by atoms with Gasteiger partial charge in [0.25, 0.3) is 10.1 Å². The average Bonchev–Trinajstić information content (AvgIpc) is 2.48. The first-order valence-corrected chi connectivity index (χ1v) is 8.49. The Kier molecular flexibility index (Phi) is 6.20. The van der Waals surface area contributed by atoms with Gasteiger partial charge in [-0.1, -0.05) is 29.8 Å². The third kappa shape index (κ3) is 6.20. The highest BCUT2D eigenvalue weighted by atomic mass is 32.2. The lowest BCUT2D eigenvalue weighted by molar-refractivity contribution is -0.386. The molecule has 25 heavy (non-hydrogen) atoms. The van der Waals surface area contributed by atoms with Gasteiger partial charge in [-0.15, -0.1) is 0 Å². The fourth-order valence-electron chi connectivity index (χ4n) is 1.75. The molecule has 0 heterocycles. The number of nitrogens with zero attached hydrogens (tertiary/aromatic N) is 1. The van der Waals surface area contributed by atoms with Gasteiger partial charge in [-0.05, 0) is 13.0 Å². The van der Waals surface area contributed by atoms with Crippen LogP contribution in [-0.4, -0.2) is 40.1 Å². The summed E-state index contributed by atoms with van der Waals surface area (Å²) in [7, 11) is -3.67. The second-order valence-electron chi connectivity index (χ2n) is 5.05. The van der Waals surface area contributed by atoms with E-state index in [1.807, 2.05) is 6.92 Å². The predicted octanol–water partition coefficient (Wildman–Crippen LogP) is 2.05. The predicted molar refractivity (Wildman–Crippen MR) is 88.5 cm³/mol. The van der Waals surface area contributed by atoms with Crippen molar-refractivity contribution in [1.29, 1.82) is 0 Å². The number of ketones is 1. The maximum atomic E-state index is 12.2. The van der Waals surface area contributed by atoms with Crippen molar-refractivity contribution in [3.8, 4) is 11.5 Å². The van der Waals surface area contributed by atoms with Crippen molar-refractivity contribution < 1.29 is 32.9 Å². The summed E-state index contributed by atoms with van der Waals surface area (Å²) in [6, 6.07) is 8.60. The van der Waals surface area contributed by atoms with Crippen LogP contribution in [0.3, 0.4) is 0 Å². The Morgan fingerprint density at radius 3 is 2.00 bits per heavy atom. The maximum Gasteiger partial charge on any atom is 0.315 e. The lowest BCUT2D eigenvalue weighted by Crippen LogP contribution is -2.02. The average molecular weight is 369 g/mol. The van der Waals surface area contributed by atoms with Crippen LogP contribution >= 0.6 is 0 Å². The first-order valence-electron chi connectivity index (χ1n) is 6.64. The van der Waals surface area contributed by atoms with Gasteiger partial charge in [0.05, 0.1) is 11.2 Å². The van der Waals surface area contributed by atoms with Crippen LogP contribution in [0.4, 0.5) is 5.69 Å². The third-order valence-electron chi connectivity index (χ3n) is 2.84. The normalized spacial score (nSPS) is 10.5. The number of hydrogen-bond acceptors (Lipinski definition) is 7. The Morgan fingerprint density at radius 1 is 1.08 bits per heavy atom. The van der Waals surface area contributed by atoms with Crippen LogP contribution in [0.1, 0.15) is 21.5 Å². The van der Waals surface area contributed by atoms with Crippen molar-refractivity contribution in [3.05, 3.63) is 63.2 Å². The maximum absolute atomic E-state index is 12.2. The molecule has 2 aromatic rings. The molecule has 0 aliphatic heterocycles. The highest BCUT2D eigenvalue weighted by Gasteiger charge is 2.22. The minimum Gasteiger partial charge on any atom is -0.504 e. The van der Waals surface area contributed by atoms with Crippen LogP contribution < -0.4 is 0 Å². The molecule has 0 aliphatic rings. The zero-order valence-electron chi connectivity index (χ0n) is 13.2. The molecule has 0 saturated carbocycles. The summed E-state index contributed by atoms with van der Waals surface area (Å²) < 4.78 is 25.9. The largest absolute Gasteiger partial charge is 0.504 e. The number of carbonyl (C=O) groups excluding carboxylic acids is 1. The van der Waals surface area contributed by atoms with Crippen molar-refractivity contribution in [2.45, 2.75) is 6.92 Å². The summed E-state index contributed by atoms with van der Waals surface area (Å²) in [4.78, 5) is 22.1. The zero-order valence-corrected chi connectivity index (χ0v) is 14.0. The van der Waals surface area contributed by atoms with Crippen LogP contribution in [0.15, 0.2) is 36.4 Å². The number of aromatic hydroxyl groups is 2. The number of nitro benzene ring substituents is 1. The van der Waals surface area contributed by atoms with E-state index in [0.29, 0.717) is 11.8 Å². The molecule has 3 N–H and O–H groups in total. The number of aryl methyl sites for hydroxylation is 1. The standard InChI is InChI=1S/C14H11NO5.CH4O3S/c1-8-2-4-9(5-3-8)13(17)10-6-11(15(19)20)14(18)12(16)7-10;1-5(2,3)4/h2-7,16,18H,1H3;1H3,(H,2,3,4). The highest BCUT2D eigenvalue weighted by molar-refractivity contribution is 7.85. The Balaban J connectivity index is 0.000000550. The van der Waals surface area contributed by atoms with Crippen molar-refractivity contribution in [1.82, 2.24) is 0 Å². The molecular weight excluding hydrogens is 354 g/mol. The third-order valence-corrected chi connectivity index (χ3v) is 2.84. The molecule has 0 amide bonds. The summed E-state index contributed by atoms with van der Waals surface area (Å²) in [6.45, 7) is 1.87. The molecule has 0 spiro atoms. The van der Waals surface area contributed by atoms with Gasteiger partial charge in [-0.3, -0.25) is 19.5 Å². The van der Waals surface area contributed by atoms with E-state index in [-0.39, 0.29) is 5.56 Å². The van der Waals surface area contributed by atoms with Crippen molar-refractivity contribution >= 4 is 21.6 Å². The molecule has 0 radical (unpaired) electrons. The molecule has 0 fully saturated rings. The summed E-state index contributed by atoms with van der Waals surface area (Å²) in [5.74, 6) is -2.02. The number of phenols is 2. The van der Waals surface area contributed by atoms with Crippen molar-refractivity contribution in [2.75, 3.05) is 6.26 Å². The van der Waals surface area contributed by atoms with Crippen LogP contribution in [0.2, 0.25) is 0 Å². The lowest BCUT2D eigenvalue weighted by atomic mass is 10.0. The molecule has 2 aromatic carbocycles. The van der Waals surface area contributed by atoms with E-state index in [4.69, 9.17) is 4.55 Å². The molecule has 134 valence electrons. The van der Waals surface area contributed by atoms with Gasteiger partial charge in [-0.2, -0.15) is 8.42 Å². The SMILES string of the molecule is CS(=O)(=O)O.Cc1ccc(C(=O)c2cc(O)c(O)c([N+](=O)[O-])c2)cc1. The van der Waals surface area contributed by atoms with Crippen molar-refractivity contribution in [3.63, 3.8) is 0 Å². The number of carbonyl (C=O) groups is 1. The summed E-state index contributed by atoms with van der Waals surface area (Å²) >= 11 is 0. The van der Waals surface area contributed by atoms with Gasteiger partial charge < -0.3 is 10.2 Å². The molecule has 9 nitrogen and oxygen atoms in total. The molecule has 2 rings (SSSR count). The zero-order chi connectivity index (χ0) is 19.4. The minimum atomic E-state index is -3.67. The number of benzene rings is 2. The summed E-state index contributed by atoms with van der Waals surface area (Å²) in [5, 5.41) is 29.6. The van der Waals surface area contributed by atoms with E-state index in [2.05, 4.69) is 0 Å². The Labute approximate surface area is 143 Å². The summed E-state index contributed by atoms with van der Waals surface area (Å²) in [5.41, 5.74) is 0.549. The number of hydrogen-bond donors (Lipinski definition) is 3. The molecule has 0 saturated heterocycles. The van der Waals surface area contributed by atoms with E-state index in [0.717, 1.165) is 17.7 Å². The molecule has 0 aromatic heterocycles. The number of phenolic OH excluding ortho intramolecular Hbond substituents is 2. The van der Waals surface area contributed by atoms with Crippen LogP contribution in [0, 0.1) is 17.0 Å². The first kappa shape index (κ1) is 20.1. The Morgan fingerprint density at radius 2 is 1.56 bits per heavy atom. The van der Waals surface area contributed by atoms with Gasteiger partial charge >= 0.3 is 5.69 Å². The van der Waals surface area contributed by atoms with Gasteiger partial charge in [0.1, 0.15) is 0 Å². The summed E-state index contributed by atoms with van der Waals surface area (Å²) in [6.07, 6.45) is 0.715. The molecular formula is C15H15NO8S. The molecule has 0 atom stereocenters. The van der Waals surface area contributed by atoms with E-state index in [1.165, 1.54) is 0 Å². The van der Waals surface area contributed by atoms with E-state index >= 15 is 0 Å². The van der Waals surface area contributed by atoms with Gasteiger partial charge in [0.15, 0.2) is 11.5 Å². The Bertz CT molecular complexity index is 896. The quantitative estimate of drug-likeness (QED) is 0.244. The highest BCUT2D eigenvalue weighted by Crippen LogP contribution is 2.36. The van der Waals surface area contributed by atoms with E-state index in [9.17, 15) is 33.5 Å². The molecule has 0 bridgehead atoms. The second-order valence-corrected chi connectivity index (χ2v) is 6.51. The van der Waals surface area contributed by atoms with E-state index < -0.39 is 38.0 Å². The molecule has 10 heteroatoms. The van der Waals surface area contributed by atoms with E-state index in [1.54, 1.807) is 24.3 Å². The molecule has 0 unspecified atom stereocenters. The first-order chi connectivity index (χ1) is 11.4. The smallest absolute Gasteiger partial charge is 0.315 e. The number of nitro groups is 1. The monoisotopic (exact) mass is 369 g/mol. The van der Waals surface area contributed by atoms with Gasteiger partial charge in [0, 0.05) is 17.2 Å². The fourth-order valence-corrected chi connectivity index (χ4v) is 1.75. The van der Waals surface area contributed by atoms with Crippen LogP contribution in [0.25, 0.3) is 0 Å². The second kappa shape index (κ2) is 7.73. The van der Waals surface area contributed by atoms with Crippen LogP contribution in [0.5, 0.6) is 11.5 Å². The van der Waals surface area contributed by atoms with Gasteiger partial charge in [-0.25, -0.2) is 0 Å². The van der Waals surface area contributed by atoms with Crippen LogP contribution in [-0.2, 0) is 10.1 Å². The Hall–Kier alpha value is -2.98. The fraction of sp³-hybridized carbons (Fsp3) is 0.133. The lowest BCUT2D eigenvalue weighted by Gasteiger charge is -2.05. The molecule has 0 aliphatic carbocycles. The topological polar surface area (TPSA) is 155 Å².